The Hall–Kier alpha value is -2.18. The Labute approximate surface area is 147 Å². The van der Waals surface area contributed by atoms with Crippen molar-refractivity contribution >= 4 is 27.9 Å². The fourth-order valence-corrected chi connectivity index (χ4v) is 3.38. The van der Waals surface area contributed by atoms with Gasteiger partial charge in [-0.1, -0.05) is 12.1 Å². The molecule has 2 aromatic heterocycles. The number of fused-ring (bicyclic) bond motifs is 3. The Morgan fingerprint density at radius 3 is 2.80 bits per heavy atom. The van der Waals surface area contributed by atoms with E-state index in [9.17, 15) is 0 Å². The van der Waals surface area contributed by atoms with Gasteiger partial charge in [-0.25, -0.2) is 9.97 Å². The minimum absolute atomic E-state index is 0.325. The number of rotatable bonds is 5. The van der Waals surface area contributed by atoms with Crippen molar-refractivity contribution in [1.82, 2.24) is 19.8 Å². The van der Waals surface area contributed by atoms with Gasteiger partial charge in [0.05, 0.1) is 0 Å². The summed E-state index contributed by atoms with van der Waals surface area (Å²) in [5.41, 5.74) is 2.47. The molecule has 132 valence electrons. The van der Waals surface area contributed by atoms with Crippen LogP contribution in [-0.4, -0.2) is 65.6 Å². The monoisotopic (exact) mass is 339 g/mol. The third-order valence-corrected chi connectivity index (χ3v) is 5.02. The molecule has 4 rings (SSSR count). The molecule has 0 amide bonds. The van der Waals surface area contributed by atoms with E-state index >= 15 is 0 Å². The van der Waals surface area contributed by atoms with Gasteiger partial charge in [0.25, 0.3) is 0 Å². The second kappa shape index (κ2) is 6.98. The lowest BCUT2D eigenvalue weighted by Crippen LogP contribution is -2.45. The first kappa shape index (κ1) is 16.3. The van der Waals surface area contributed by atoms with Gasteiger partial charge in [0, 0.05) is 44.2 Å². The van der Waals surface area contributed by atoms with Gasteiger partial charge >= 0.3 is 0 Å². The number of aromatic nitrogens is 2. The van der Waals surface area contributed by atoms with Crippen molar-refractivity contribution in [3.8, 4) is 0 Å². The molecule has 1 N–H and O–H groups in total. The number of piperazine rings is 1. The maximum Gasteiger partial charge on any atom is 0.196 e. The van der Waals surface area contributed by atoms with Gasteiger partial charge in [0.1, 0.15) is 17.4 Å². The zero-order valence-corrected chi connectivity index (χ0v) is 14.9. The topological polar surface area (TPSA) is 57.4 Å². The number of nitrogens with zero attached hydrogens (tertiary/aromatic N) is 4. The van der Waals surface area contributed by atoms with Gasteiger partial charge in [-0.3, -0.25) is 0 Å². The van der Waals surface area contributed by atoms with E-state index in [1.807, 2.05) is 24.3 Å². The van der Waals surface area contributed by atoms with E-state index in [0.717, 1.165) is 67.0 Å². The Morgan fingerprint density at radius 2 is 1.96 bits per heavy atom. The van der Waals surface area contributed by atoms with Gasteiger partial charge in [0.2, 0.25) is 0 Å². The van der Waals surface area contributed by atoms with Crippen molar-refractivity contribution in [2.75, 3.05) is 45.1 Å². The molecule has 0 bridgehead atoms. The van der Waals surface area contributed by atoms with E-state index in [2.05, 4.69) is 39.1 Å². The second-order valence-electron chi connectivity index (χ2n) is 6.98. The lowest BCUT2D eigenvalue weighted by molar-refractivity contribution is 0.151. The van der Waals surface area contributed by atoms with E-state index in [-0.39, 0.29) is 0 Å². The van der Waals surface area contributed by atoms with E-state index in [1.54, 1.807) is 6.33 Å². The molecule has 0 radical (unpaired) electrons. The molecular formula is C19H25N5O. The molecule has 25 heavy (non-hydrogen) atoms. The SMILES string of the molecule is CC(CCN1CCN(C)CC1)Nc1ncnc2c1oc1ccccc12. The van der Waals surface area contributed by atoms with E-state index < -0.39 is 0 Å². The molecule has 1 aliphatic heterocycles. The predicted octanol–water partition coefficient (Wildman–Crippen LogP) is 2.81. The largest absolute Gasteiger partial charge is 0.450 e. The summed E-state index contributed by atoms with van der Waals surface area (Å²) in [6.45, 7) is 7.94. The fraction of sp³-hybridized carbons (Fsp3) is 0.474. The molecule has 1 atom stereocenters. The number of hydrogen-bond acceptors (Lipinski definition) is 6. The van der Waals surface area contributed by atoms with E-state index in [4.69, 9.17) is 4.42 Å². The summed E-state index contributed by atoms with van der Waals surface area (Å²) in [7, 11) is 2.19. The Kier molecular flexibility index (Phi) is 4.55. The third-order valence-electron chi connectivity index (χ3n) is 5.02. The summed E-state index contributed by atoms with van der Waals surface area (Å²) >= 11 is 0. The molecule has 3 aromatic rings. The molecule has 1 saturated heterocycles. The highest BCUT2D eigenvalue weighted by Crippen LogP contribution is 2.30. The van der Waals surface area contributed by atoms with Crippen molar-refractivity contribution in [3.05, 3.63) is 30.6 Å². The predicted molar refractivity (Wildman–Crippen MR) is 101 cm³/mol. The van der Waals surface area contributed by atoms with E-state index in [1.165, 1.54) is 0 Å². The average molecular weight is 339 g/mol. The highest BCUT2D eigenvalue weighted by molar-refractivity contribution is 6.05. The molecule has 6 nitrogen and oxygen atoms in total. The minimum Gasteiger partial charge on any atom is -0.450 e. The van der Waals surface area contributed by atoms with Crippen LogP contribution in [0.1, 0.15) is 13.3 Å². The van der Waals surface area contributed by atoms with Gasteiger partial charge in [-0.2, -0.15) is 0 Å². The molecular weight excluding hydrogens is 314 g/mol. The van der Waals surface area contributed by atoms with Crippen LogP contribution in [0.2, 0.25) is 0 Å². The highest BCUT2D eigenvalue weighted by atomic mass is 16.3. The van der Waals surface area contributed by atoms with Crippen LogP contribution < -0.4 is 5.32 Å². The number of nitrogens with one attached hydrogen (secondary N) is 1. The summed E-state index contributed by atoms with van der Waals surface area (Å²) in [4.78, 5) is 13.7. The minimum atomic E-state index is 0.325. The van der Waals surface area contributed by atoms with Crippen LogP contribution in [0.4, 0.5) is 5.82 Å². The van der Waals surface area contributed by atoms with Crippen molar-refractivity contribution < 1.29 is 4.42 Å². The van der Waals surface area contributed by atoms with Crippen LogP contribution >= 0.6 is 0 Å². The van der Waals surface area contributed by atoms with Crippen molar-refractivity contribution in [3.63, 3.8) is 0 Å². The molecule has 0 saturated carbocycles. The van der Waals surface area contributed by atoms with E-state index in [0.29, 0.717) is 6.04 Å². The summed E-state index contributed by atoms with van der Waals surface area (Å²) in [6, 6.07) is 8.31. The molecule has 6 heteroatoms. The van der Waals surface area contributed by atoms with Crippen LogP contribution in [-0.2, 0) is 0 Å². The summed E-state index contributed by atoms with van der Waals surface area (Å²) in [5.74, 6) is 0.784. The van der Waals surface area contributed by atoms with Gasteiger partial charge in [-0.15, -0.1) is 0 Å². The lowest BCUT2D eigenvalue weighted by Gasteiger charge is -2.33. The number of likely N-dealkylation sites (N-methyl/N-ethyl adjacent to an activating group) is 1. The molecule has 1 unspecified atom stereocenters. The Morgan fingerprint density at radius 1 is 1.16 bits per heavy atom. The Balaban J connectivity index is 1.45. The van der Waals surface area contributed by atoms with Crippen LogP contribution in [0.3, 0.4) is 0 Å². The number of para-hydroxylation sites is 1. The first-order chi connectivity index (χ1) is 12.2. The molecule has 1 aromatic carbocycles. The summed E-state index contributed by atoms with van der Waals surface area (Å²) in [5, 5.41) is 4.55. The third kappa shape index (κ3) is 3.45. The highest BCUT2D eigenvalue weighted by Gasteiger charge is 2.17. The quantitative estimate of drug-likeness (QED) is 0.771. The van der Waals surface area contributed by atoms with Crippen molar-refractivity contribution in [2.45, 2.75) is 19.4 Å². The maximum absolute atomic E-state index is 5.99. The normalized spacial score (nSPS) is 18.0. The molecule has 0 aliphatic carbocycles. The van der Waals surface area contributed by atoms with Gasteiger partial charge in [-0.05, 0) is 32.5 Å². The summed E-state index contributed by atoms with van der Waals surface area (Å²) in [6.07, 6.45) is 2.69. The van der Waals surface area contributed by atoms with Crippen LogP contribution in [0.15, 0.2) is 35.0 Å². The number of anilines is 1. The Bertz CT molecular complexity index is 853. The second-order valence-corrected chi connectivity index (χ2v) is 6.98. The first-order valence-corrected chi connectivity index (χ1v) is 9.00. The standard InChI is InChI=1S/C19H25N5O/c1-14(7-8-24-11-9-23(2)10-12-24)22-19-18-17(20-13-21-19)15-5-3-4-6-16(15)25-18/h3-6,13-14H,7-12H2,1-2H3,(H,20,21,22). The van der Waals surface area contributed by atoms with Crippen LogP contribution in [0, 0.1) is 0 Å². The maximum atomic E-state index is 5.99. The zero-order valence-electron chi connectivity index (χ0n) is 14.9. The molecule has 1 aliphatic rings. The first-order valence-electron chi connectivity index (χ1n) is 9.00. The van der Waals surface area contributed by atoms with Crippen molar-refractivity contribution in [2.24, 2.45) is 0 Å². The smallest absolute Gasteiger partial charge is 0.196 e. The zero-order chi connectivity index (χ0) is 17.2. The average Bonchev–Trinajstić information content (AvgIpc) is 3.01. The van der Waals surface area contributed by atoms with Crippen molar-refractivity contribution in [1.29, 1.82) is 0 Å². The van der Waals surface area contributed by atoms with Crippen LogP contribution in [0.5, 0.6) is 0 Å². The summed E-state index contributed by atoms with van der Waals surface area (Å²) < 4.78 is 5.99. The molecule has 0 spiro atoms. The lowest BCUT2D eigenvalue weighted by atomic mass is 10.2. The van der Waals surface area contributed by atoms with Gasteiger partial charge < -0.3 is 19.5 Å². The number of benzene rings is 1. The van der Waals surface area contributed by atoms with Gasteiger partial charge in [0.15, 0.2) is 11.4 Å². The fourth-order valence-electron chi connectivity index (χ4n) is 3.38. The number of furan rings is 1. The molecule has 3 heterocycles. The van der Waals surface area contributed by atoms with Crippen LogP contribution in [0.25, 0.3) is 22.1 Å². The number of hydrogen-bond donors (Lipinski definition) is 1. The molecule has 1 fully saturated rings.